The van der Waals surface area contributed by atoms with E-state index in [2.05, 4.69) is 5.32 Å². The quantitative estimate of drug-likeness (QED) is 0.562. The van der Waals surface area contributed by atoms with E-state index >= 15 is 0 Å². The summed E-state index contributed by atoms with van der Waals surface area (Å²) >= 11 is 6.46. The van der Waals surface area contributed by atoms with Gasteiger partial charge < -0.3 is 14.8 Å². The normalized spacial score (nSPS) is 15.3. The zero-order valence-corrected chi connectivity index (χ0v) is 18.4. The first-order chi connectivity index (χ1) is 15.5. The van der Waals surface area contributed by atoms with E-state index in [4.69, 9.17) is 21.1 Å². The number of amides is 1. The third-order valence-electron chi connectivity index (χ3n) is 6.29. The van der Waals surface area contributed by atoms with E-state index in [0.29, 0.717) is 22.8 Å². The monoisotopic (exact) mass is 449 g/mol. The molecule has 164 valence electrons. The average molecular weight is 450 g/mol. The molecule has 0 saturated heterocycles. The van der Waals surface area contributed by atoms with Crippen molar-refractivity contribution in [3.05, 3.63) is 82.4 Å². The second-order valence-corrected chi connectivity index (χ2v) is 8.63. The zero-order valence-electron chi connectivity index (χ0n) is 17.6. The van der Waals surface area contributed by atoms with Crippen molar-refractivity contribution >= 4 is 23.3 Å². The first-order valence-electron chi connectivity index (χ1n) is 10.5. The lowest BCUT2D eigenvalue weighted by atomic mass is 9.87. The highest BCUT2D eigenvalue weighted by Crippen LogP contribution is 2.51. The lowest BCUT2D eigenvalue weighted by Gasteiger charge is -2.16. The van der Waals surface area contributed by atoms with Crippen molar-refractivity contribution in [2.24, 2.45) is 0 Å². The lowest BCUT2D eigenvalue weighted by molar-refractivity contribution is -0.120. The van der Waals surface area contributed by atoms with Crippen LogP contribution in [0.15, 0.2) is 60.7 Å². The molecule has 32 heavy (non-hydrogen) atoms. The van der Waals surface area contributed by atoms with Crippen molar-refractivity contribution < 1.29 is 20.5 Å². The zero-order chi connectivity index (χ0) is 22.3. The number of hydrogen-bond acceptors (Lipinski definition) is 4. The molecule has 5 rings (SSSR count). The fraction of sp³-hybridized carbons (Fsp3) is 0.231. The van der Waals surface area contributed by atoms with E-state index in [1.165, 1.54) is 0 Å². The van der Waals surface area contributed by atoms with Crippen molar-refractivity contribution in [1.29, 1.82) is 0 Å². The molecule has 0 radical (unpaired) electrons. The number of ether oxygens (including phenoxy) is 2. The van der Waals surface area contributed by atoms with Gasteiger partial charge in [-0.1, -0.05) is 35.9 Å². The highest BCUT2D eigenvalue weighted by atomic mass is 35.5. The summed E-state index contributed by atoms with van der Waals surface area (Å²) in [5, 5.41) is 3.22. The molecular formula is C26H24ClNO4. The van der Waals surface area contributed by atoms with Crippen LogP contribution >= 0.6 is 11.6 Å². The molecule has 1 fully saturated rings. The lowest BCUT2D eigenvalue weighted by Crippen LogP contribution is -2.22. The molecule has 0 unspecified atom stereocenters. The summed E-state index contributed by atoms with van der Waals surface area (Å²) in [7, 11) is 1.60. The maximum absolute atomic E-state index is 13.3. The maximum atomic E-state index is 13.3. The second kappa shape index (κ2) is 7.99. The van der Waals surface area contributed by atoms with Crippen LogP contribution in [0.3, 0.4) is 0 Å². The van der Waals surface area contributed by atoms with Gasteiger partial charge in [0.15, 0.2) is 11.5 Å². The van der Waals surface area contributed by atoms with Gasteiger partial charge in [0, 0.05) is 31.0 Å². The molecule has 0 aromatic heterocycles. The van der Waals surface area contributed by atoms with Gasteiger partial charge in [-0.25, -0.2) is 0 Å². The second-order valence-electron chi connectivity index (χ2n) is 8.22. The number of nitrogens with one attached hydrogen (secondary N) is 1. The number of carbonyl (C=O) groups is 2. The molecule has 1 aliphatic heterocycles. The highest BCUT2D eigenvalue weighted by Gasteiger charge is 2.50. The highest BCUT2D eigenvalue weighted by molar-refractivity contribution is 6.33. The van der Waals surface area contributed by atoms with E-state index in [9.17, 15) is 9.59 Å². The number of ketones is 1. The number of benzene rings is 3. The van der Waals surface area contributed by atoms with Crippen LogP contribution in [0.4, 0.5) is 0 Å². The molecule has 1 amide bonds. The Kier molecular flexibility index (Phi) is 5.14. The van der Waals surface area contributed by atoms with Gasteiger partial charge in [-0.2, -0.15) is 0 Å². The van der Waals surface area contributed by atoms with Gasteiger partial charge in [-0.3, -0.25) is 9.59 Å². The van der Waals surface area contributed by atoms with E-state index in [0.717, 1.165) is 40.8 Å². The molecule has 5 nitrogen and oxygen atoms in total. The van der Waals surface area contributed by atoms with Gasteiger partial charge in [0.1, 0.15) is 5.78 Å². The smallest absolute Gasteiger partial charge is 0.251 e. The van der Waals surface area contributed by atoms with E-state index < -0.39 is 5.41 Å². The molecule has 0 spiro atoms. The summed E-state index contributed by atoms with van der Waals surface area (Å²) in [6, 6.07) is 18.7. The van der Waals surface area contributed by atoms with Crippen LogP contribution in [0.1, 0.15) is 35.8 Å². The van der Waals surface area contributed by atoms with Gasteiger partial charge in [0.05, 0.1) is 5.41 Å². The number of halogens is 1. The van der Waals surface area contributed by atoms with Crippen LogP contribution in [0.25, 0.3) is 11.1 Å². The Balaban J connectivity index is 0.00000259. The van der Waals surface area contributed by atoms with Crippen molar-refractivity contribution in [3.8, 4) is 22.6 Å². The molecule has 3 aromatic rings. The van der Waals surface area contributed by atoms with Crippen LogP contribution in [0.2, 0.25) is 5.02 Å². The molecule has 1 aliphatic carbocycles. The van der Waals surface area contributed by atoms with Gasteiger partial charge in [0.25, 0.3) is 5.91 Å². The molecule has 1 saturated carbocycles. The third kappa shape index (κ3) is 3.63. The van der Waals surface area contributed by atoms with E-state index in [-0.39, 0.29) is 19.9 Å². The minimum atomic E-state index is -0.448. The van der Waals surface area contributed by atoms with E-state index in [1.807, 2.05) is 48.5 Å². The fourth-order valence-electron chi connectivity index (χ4n) is 4.25. The fourth-order valence-corrected chi connectivity index (χ4v) is 4.48. The Morgan fingerprint density at radius 2 is 1.75 bits per heavy atom. The van der Waals surface area contributed by atoms with Gasteiger partial charge in [0.2, 0.25) is 6.79 Å². The minimum Gasteiger partial charge on any atom is -0.454 e. The van der Waals surface area contributed by atoms with Gasteiger partial charge in [-0.05, 0) is 65.9 Å². The number of fused-ring (bicyclic) bond motifs is 1. The Bertz CT molecular complexity index is 1220. The van der Waals surface area contributed by atoms with Crippen LogP contribution < -0.4 is 14.8 Å². The first-order valence-corrected chi connectivity index (χ1v) is 10.9. The summed E-state index contributed by atoms with van der Waals surface area (Å²) in [5.41, 5.74) is 3.78. The summed E-state index contributed by atoms with van der Waals surface area (Å²) in [4.78, 5) is 25.1. The Morgan fingerprint density at radius 3 is 2.47 bits per heavy atom. The van der Waals surface area contributed by atoms with Gasteiger partial charge in [-0.15, -0.1) is 0 Å². The standard InChI is InChI=1S/C26H22ClNO4.H2/c1-28-25(30)18-5-3-17(4-6-18)20-12-16(2-8-21(20)27)13-24(29)26(10-11-26)19-7-9-22-23(14-19)32-15-31-22;/h2-9,12,14H,10-11,13,15H2,1H3,(H,28,30);1H. The Hall–Kier alpha value is -3.31. The molecule has 6 heteroatoms. The number of hydrogen-bond donors (Lipinski definition) is 1. The van der Waals surface area contributed by atoms with E-state index in [1.54, 1.807) is 19.2 Å². The summed E-state index contributed by atoms with van der Waals surface area (Å²) in [5.74, 6) is 1.48. The summed E-state index contributed by atoms with van der Waals surface area (Å²) in [6.45, 7) is 0.220. The average Bonchev–Trinajstić information content (AvgIpc) is 3.50. The van der Waals surface area contributed by atoms with Crippen LogP contribution in [-0.2, 0) is 16.6 Å². The molecule has 3 aromatic carbocycles. The molecule has 1 heterocycles. The predicted molar refractivity (Wildman–Crippen MR) is 125 cm³/mol. The van der Waals surface area contributed by atoms with Crippen LogP contribution in [-0.4, -0.2) is 25.5 Å². The SMILES string of the molecule is CNC(=O)c1ccc(-c2cc(CC(=O)C3(c4ccc5c(c4)OCO5)CC3)ccc2Cl)cc1.[HH]. The number of Topliss-reactive ketones (excluding diaryl/α,β-unsaturated/α-hetero) is 1. The van der Waals surface area contributed by atoms with Crippen molar-refractivity contribution in [3.63, 3.8) is 0 Å². The maximum Gasteiger partial charge on any atom is 0.251 e. The van der Waals surface area contributed by atoms with Crippen LogP contribution in [0, 0.1) is 0 Å². The molecule has 1 N–H and O–H groups in total. The first kappa shape index (κ1) is 20.6. The molecular weight excluding hydrogens is 426 g/mol. The number of carbonyl (C=O) groups excluding carboxylic acids is 2. The topological polar surface area (TPSA) is 64.6 Å². The molecule has 2 aliphatic rings. The predicted octanol–water partition coefficient (Wildman–Crippen LogP) is 5.18. The van der Waals surface area contributed by atoms with Crippen molar-refractivity contribution in [2.45, 2.75) is 24.7 Å². The number of rotatable bonds is 6. The third-order valence-corrected chi connectivity index (χ3v) is 6.62. The van der Waals surface area contributed by atoms with Crippen LogP contribution in [0.5, 0.6) is 11.5 Å². The molecule has 0 atom stereocenters. The molecule has 0 bridgehead atoms. The van der Waals surface area contributed by atoms with Crippen molar-refractivity contribution in [1.82, 2.24) is 5.32 Å². The van der Waals surface area contributed by atoms with Gasteiger partial charge >= 0.3 is 0 Å². The Morgan fingerprint density at radius 1 is 1.00 bits per heavy atom. The minimum absolute atomic E-state index is 0. The summed E-state index contributed by atoms with van der Waals surface area (Å²) in [6.07, 6.45) is 2.01. The largest absolute Gasteiger partial charge is 0.454 e. The Labute approximate surface area is 192 Å². The van der Waals surface area contributed by atoms with Crippen molar-refractivity contribution in [2.75, 3.05) is 13.8 Å². The summed E-state index contributed by atoms with van der Waals surface area (Å²) < 4.78 is 10.9.